The molecule has 19 heavy (non-hydrogen) atoms. The highest BCUT2D eigenvalue weighted by atomic mass is 35.5. The second kappa shape index (κ2) is 8.41. The van der Waals surface area contributed by atoms with E-state index >= 15 is 0 Å². The Balaban J connectivity index is 2.69. The SMILES string of the molecule is CCCCCN(CC(N)=O)Cc1cccc(Cl)c1Cl. The van der Waals surface area contributed by atoms with Gasteiger partial charge in [0.2, 0.25) is 5.91 Å². The van der Waals surface area contributed by atoms with Crippen LogP contribution in [0.3, 0.4) is 0 Å². The molecule has 5 heteroatoms. The monoisotopic (exact) mass is 302 g/mol. The molecule has 2 N–H and O–H groups in total. The van der Waals surface area contributed by atoms with Crippen LogP contribution in [0.2, 0.25) is 10.0 Å². The van der Waals surface area contributed by atoms with Crippen LogP contribution in [0.4, 0.5) is 0 Å². The lowest BCUT2D eigenvalue weighted by molar-refractivity contribution is -0.119. The summed E-state index contributed by atoms with van der Waals surface area (Å²) in [5.41, 5.74) is 6.20. The van der Waals surface area contributed by atoms with Crippen molar-refractivity contribution in [3.05, 3.63) is 33.8 Å². The van der Waals surface area contributed by atoms with Gasteiger partial charge >= 0.3 is 0 Å². The summed E-state index contributed by atoms with van der Waals surface area (Å²) < 4.78 is 0. The van der Waals surface area contributed by atoms with Gasteiger partial charge in [0.15, 0.2) is 0 Å². The van der Waals surface area contributed by atoms with E-state index in [9.17, 15) is 4.79 Å². The van der Waals surface area contributed by atoms with Crippen LogP contribution >= 0.6 is 23.2 Å². The molecule has 1 aromatic rings. The number of primary amides is 1. The second-order valence-electron chi connectivity index (χ2n) is 4.60. The summed E-state index contributed by atoms with van der Waals surface area (Å²) in [6, 6.07) is 5.53. The van der Waals surface area contributed by atoms with E-state index in [4.69, 9.17) is 28.9 Å². The van der Waals surface area contributed by atoms with Gasteiger partial charge in [-0.15, -0.1) is 0 Å². The molecule has 0 aromatic heterocycles. The van der Waals surface area contributed by atoms with Gasteiger partial charge in [0.1, 0.15) is 0 Å². The first-order valence-electron chi connectivity index (χ1n) is 6.48. The van der Waals surface area contributed by atoms with Crippen LogP contribution in [0.1, 0.15) is 31.7 Å². The van der Waals surface area contributed by atoms with Crippen LogP contribution in [-0.4, -0.2) is 23.9 Å². The Morgan fingerprint density at radius 1 is 1.32 bits per heavy atom. The quantitative estimate of drug-likeness (QED) is 0.747. The van der Waals surface area contributed by atoms with E-state index in [2.05, 4.69) is 6.92 Å². The number of nitrogens with zero attached hydrogens (tertiary/aromatic N) is 1. The Morgan fingerprint density at radius 2 is 2.05 bits per heavy atom. The van der Waals surface area contributed by atoms with Crippen LogP contribution in [0, 0.1) is 0 Å². The maximum atomic E-state index is 11.1. The number of carbonyl (C=O) groups is 1. The zero-order valence-corrected chi connectivity index (χ0v) is 12.7. The van der Waals surface area contributed by atoms with E-state index in [1.165, 1.54) is 0 Å². The third-order valence-electron chi connectivity index (χ3n) is 2.88. The van der Waals surface area contributed by atoms with Crippen molar-refractivity contribution in [2.45, 2.75) is 32.7 Å². The van der Waals surface area contributed by atoms with Gasteiger partial charge in [-0.05, 0) is 24.6 Å². The van der Waals surface area contributed by atoms with Crippen molar-refractivity contribution in [1.82, 2.24) is 4.90 Å². The number of benzene rings is 1. The number of hydrogen-bond donors (Lipinski definition) is 1. The van der Waals surface area contributed by atoms with Crippen molar-refractivity contribution in [2.75, 3.05) is 13.1 Å². The van der Waals surface area contributed by atoms with Gasteiger partial charge in [-0.3, -0.25) is 9.69 Å². The Hall–Kier alpha value is -0.770. The average Bonchev–Trinajstić information content (AvgIpc) is 2.34. The normalized spacial score (nSPS) is 10.9. The van der Waals surface area contributed by atoms with E-state index in [0.717, 1.165) is 31.4 Å². The van der Waals surface area contributed by atoms with Crippen molar-refractivity contribution in [1.29, 1.82) is 0 Å². The van der Waals surface area contributed by atoms with E-state index in [1.807, 2.05) is 17.0 Å². The number of carbonyl (C=O) groups excluding carboxylic acids is 1. The van der Waals surface area contributed by atoms with Crippen LogP contribution in [-0.2, 0) is 11.3 Å². The molecule has 0 radical (unpaired) electrons. The molecular weight excluding hydrogens is 283 g/mol. The predicted octanol–water partition coefficient (Wildman–Crippen LogP) is 3.47. The van der Waals surface area contributed by atoms with Gasteiger partial charge in [0, 0.05) is 6.54 Å². The Morgan fingerprint density at radius 3 is 2.68 bits per heavy atom. The molecule has 0 saturated heterocycles. The molecule has 0 saturated carbocycles. The summed E-state index contributed by atoms with van der Waals surface area (Å²) in [6.45, 7) is 3.81. The molecule has 1 aromatic carbocycles. The summed E-state index contributed by atoms with van der Waals surface area (Å²) in [4.78, 5) is 13.1. The van der Waals surface area contributed by atoms with Crippen molar-refractivity contribution < 1.29 is 4.79 Å². The molecule has 0 fully saturated rings. The molecule has 0 aliphatic rings. The van der Waals surface area contributed by atoms with E-state index in [-0.39, 0.29) is 12.5 Å². The molecule has 0 atom stereocenters. The third kappa shape index (κ3) is 5.81. The molecule has 0 bridgehead atoms. The van der Waals surface area contributed by atoms with Crippen LogP contribution < -0.4 is 5.73 Å². The second-order valence-corrected chi connectivity index (χ2v) is 5.38. The zero-order valence-electron chi connectivity index (χ0n) is 11.2. The van der Waals surface area contributed by atoms with Gasteiger partial charge in [0.25, 0.3) is 0 Å². The van der Waals surface area contributed by atoms with Crippen LogP contribution in [0.15, 0.2) is 18.2 Å². The molecule has 0 spiro atoms. The summed E-state index contributed by atoms with van der Waals surface area (Å²) in [6.07, 6.45) is 3.32. The Labute approximate surface area is 124 Å². The Kier molecular flexibility index (Phi) is 7.21. The molecular formula is C14H20Cl2N2O. The number of amides is 1. The third-order valence-corrected chi connectivity index (χ3v) is 3.74. The zero-order chi connectivity index (χ0) is 14.3. The van der Waals surface area contributed by atoms with Gasteiger partial charge < -0.3 is 5.73 Å². The fourth-order valence-electron chi connectivity index (χ4n) is 1.93. The molecule has 0 aliphatic carbocycles. The lowest BCUT2D eigenvalue weighted by Crippen LogP contribution is -2.34. The average molecular weight is 303 g/mol. The fraction of sp³-hybridized carbons (Fsp3) is 0.500. The summed E-state index contributed by atoms with van der Waals surface area (Å²) in [7, 11) is 0. The first-order chi connectivity index (χ1) is 9.04. The molecule has 0 aliphatic heterocycles. The van der Waals surface area contributed by atoms with Crippen molar-refractivity contribution >= 4 is 29.1 Å². The molecule has 3 nitrogen and oxygen atoms in total. The summed E-state index contributed by atoms with van der Waals surface area (Å²) >= 11 is 12.1. The van der Waals surface area contributed by atoms with Crippen LogP contribution in [0.5, 0.6) is 0 Å². The first-order valence-corrected chi connectivity index (χ1v) is 7.23. The Bertz CT molecular complexity index is 424. The minimum Gasteiger partial charge on any atom is -0.369 e. The number of unbranched alkanes of at least 4 members (excludes halogenated alkanes) is 2. The minimum absolute atomic E-state index is 0.243. The molecule has 1 amide bonds. The molecule has 106 valence electrons. The standard InChI is InChI=1S/C14H20Cl2N2O/c1-2-3-4-8-18(10-13(17)19)9-11-6-5-7-12(15)14(11)16/h5-7H,2-4,8-10H2,1H3,(H2,17,19). The highest BCUT2D eigenvalue weighted by molar-refractivity contribution is 6.42. The molecule has 1 rings (SSSR count). The van der Waals surface area contributed by atoms with E-state index < -0.39 is 0 Å². The van der Waals surface area contributed by atoms with Gasteiger partial charge in [-0.1, -0.05) is 55.1 Å². The largest absolute Gasteiger partial charge is 0.369 e. The minimum atomic E-state index is -0.324. The van der Waals surface area contributed by atoms with Gasteiger partial charge in [0.05, 0.1) is 16.6 Å². The number of nitrogens with two attached hydrogens (primary N) is 1. The molecule has 0 heterocycles. The van der Waals surface area contributed by atoms with Crippen LogP contribution in [0.25, 0.3) is 0 Å². The first kappa shape index (κ1) is 16.3. The maximum absolute atomic E-state index is 11.1. The van der Waals surface area contributed by atoms with Crippen molar-refractivity contribution in [3.8, 4) is 0 Å². The highest BCUT2D eigenvalue weighted by Gasteiger charge is 2.12. The number of hydrogen-bond acceptors (Lipinski definition) is 2. The van der Waals surface area contributed by atoms with E-state index in [0.29, 0.717) is 16.6 Å². The number of rotatable bonds is 8. The summed E-state index contributed by atoms with van der Waals surface area (Å²) in [5.74, 6) is -0.324. The van der Waals surface area contributed by atoms with Crippen molar-refractivity contribution in [2.24, 2.45) is 5.73 Å². The predicted molar refractivity (Wildman–Crippen MR) is 80.5 cm³/mol. The lowest BCUT2D eigenvalue weighted by Gasteiger charge is -2.21. The van der Waals surface area contributed by atoms with E-state index in [1.54, 1.807) is 6.07 Å². The lowest BCUT2D eigenvalue weighted by atomic mass is 10.2. The maximum Gasteiger partial charge on any atom is 0.231 e. The fourth-order valence-corrected chi connectivity index (χ4v) is 2.31. The number of halogens is 2. The van der Waals surface area contributed by atoms with Gasteiger partial charge in [-0.25, -0.2) is 0 Å². The summed E-state index contributed by atoms with van der Waals surface area (Å²) in [5, 5.41) is 1.08. The van der Waals surface area contributed by atoms with Gasteiger partial charge in [-0.2, -0.15) is 0 Å². The highest BCUT2D eigenvalue weighted by Crippen LogP contribution is 2.26. The topological polar surface area (TPSA) is 46.3 Å². The molecule has 0 unspecified atom stereocenters. The van der Waals surface area contributed by atoms with Crippen molar-refractivity contribution in [3.63, 3.8) is 0 Å². The smallest absolute Gasteiger partial charge is 0.231 e.